The largest absolute Gasteiger partial charge is 0.393 e. The maximum absolute atomic E-state index is 9.05. The number of anilines is 1. The molecule has 0 aliphatic carbocycles. The summed E-state index contributed by atoms with van der Waals surface area (Å²) in [6.07, 6.45) is 5.12. The summed E-state index contributed by atoms with van der Waals surface area (Å²) in [5.74, 6) is 0. The SMILES string of the molecule is CC(O)CCCNc1cncc(Br)c1. The molecule has 1 heterocycles. The van der Waals surface area contributed by atoms with Gasteiger partial charge in [-0.2, -0.15) is 0 Å². The van der Waals surface area contributed by atoms with Crippen molar-refractivity contribution in [3.63, 3.8) is 0 Å². The Balaban J connectivity index is 2.25. The van der Waals surface area contributed by atoms with E-state index in [0.717, 1.165) is 29.5 Å². The molecule has 0 radical (unpaired) electrons. The second kappa shape index (κ2) is 5.98. The number of halogens is 1. The number of aliphatic hydroxyl groups excluding tert-OH is 1. The van der Waals surface area contributed by atoms with Gasteiger partial charge in [0.25, 0.3) is 0 Å². The fourth-order valence-corrected chi connectivity index (χ4v) is 1.50. The Morgan fingerprint density at radius 2 is 2.36 bits per heavy atom. The van der Waals surface area contributed by atoms with Crippen LogP contribution in [0.2, 0.25) is 0 Å². The normalized spacial score (nSPS) is 12.5. The molecule has 0 saturated carbocycles. The highest BCUT2D eigenvalue weighted by Gasteiger charge is 1.96. The van der Waals surface area contributed by atoms with Crippen LogP contribution in [0, 0.1) is 0 Å². The number of pyridine rings is 1. The van der Waals surface area contributed by atoms with Gasteiger partial charge in [0.2, 0.25) is 0 Å². The molecule has 2 N–H and O–H groups in total. The van der Waals surface area contributed by atoms with Crippen molar-refractivity contribution in [3.05, 3.63) is 22.9 Å². The number of aliphatic hydroxyl groups is 1. The highest BCUT2D eigenvalue weighted by molar-refractivity contribution is 9.10. The van der Waals surface area contributed by atoms with Gasteiger partial charge < -0.3 is 10.4 Å². The molecule has 0 aliphatic heterocycles. The van der Waals surface area contributed by atoms with Crippen molar-refractivity contribution in [3.8, 4) is 0 Å². The second-order valence-corrected chi connectivity index (χ2v) is 4.23. The molecule has 1 unspecified atom stereocenters. The van der Waals surface area contributed by atoms with E-state index in [2.05, 4.69) is 26.2 Å². The number of rotatable bonds is 5. The quantitative estimate of drug-likeness (QED) is 0.798. The number of hydrogen-bond donors (Lipinski definition) is 2. The molecule has 78 valence electrons. The zero-order valence-corrected chi connectivity index (χ0v) is 9.79. The lowest BCUT2D eigenvalue weighted by Gasteiger charge is -2.07. The predicted octanol–water partition coefficient (Wildman–Crippen LogP) is 2.42. The third-order valence-electron chi connectivity index (χ3n) is 1.83. The monoisotopic (exact) mass is 258 g/mol. The summed E-state index contributed by atoms with van der Waals surface area (Å²) >= 11 is 3.35. The van der Waals surface area contributed by atoms with Gasteiger partial charge in [0, 0.05) is 17.2 Å². The first-order valence-electron chi connectivity index (χ1n) is 4.71. The molecular formula is C10H15BrN2O. The number of hydrogen-bond acceptors (Lipinski definition) is 3. The van der Waals surface area contributed by atoms with E-state index in [1.165, 1.54) is 0 Å². The Morgan fingerprint density at radius 1 is 1.57 bits per heavy atom. The zero-order chi connectivity index (χ0) is 10.4. The highest BCUT2D eigenvalue weighted by Crippen LogP contribution is 2.13. The number of nitrogens with one attached hydrogen (secondary N) is 1. The summed E-state index contributed by atoms with van der Waals surface area (Å²) in [7, 11) is 0. The highest BCUT2D eigenvalue weighted by atomic mass is 79.9. The molecule has 1 rings (SSSR count). The minimum absolute atomic E-state index is 0.211. The molecule has 0 saturated heterocycles. The Morgan fingerprint density at radius 3 is 3.00 bits per heavy atom. The molecule has 0 fully saturated rings. The van der Waals surface area contributed by atoms with Gasteiger partial charge in [0.1, 0.15) is 0 Å². The molecule has 0 bridgehead atoms. The van der Waals surface area contributed by atoms with Crippen molar-refractivity contribution in [2.75, 3.05) is 11.9 Å². The van der Waals surface area contributed by atoms with Crippen molar-refractivity contribution in [1.29, 1.82) is 0 Å². The molecule has 0 aromatic carbocycles. The summed E-state index contributed by atoms with van der Waals surface area (Å²) in [5, 5.41) is 12.3. The van der Waals surface area contributed by atoms with Crippen molar-refractivity contribution in [2.24, 2.45) is 0 Å². The Labute approximate surface area is 92.7 Å². The predicted molar refractivity (Wildman–Crippen MR) is 61.3 cm³/mol. The molecule has 14 heavy (non-hydrogen) atoms. The van der Waals surface area contributed by atoms with Crippen LogP contribution in [0.1, 0.15) is 19.8 Å². The van der Waals surface area contributed by atoms with Crippen LogP contribution >= 0.6 is 15.9 Å². The zero-order valence-electron chi connectivity index (χ0n) is 8.20. The summed E-state index contributed by atoms with van der Waals surface area (Å²) in [6.45, 7) is 2.67. The van der Waals surface area contributed by atoms with E-state index in [1.54, 1.807) is 19.3 Å². The first-order chi connectivity index (χ1) is 6.68. The van der Waals surface area contributed by atoms with Crippen molar-refractivity contribution in [1.82, 2.24) is 4.98 Å². The average molecular weight is 259 g/mol. The summed E-state index contributed by atoms with van der Waals surface area (Å²) in [4.78, 5) is 4.04. The first-order valence-corrected chi connectivity index (χ1v) is 5.50. The average Bonchev–Trinajstić information content (AvgIpc) is 2.12. The Bertz CT molecular complexity index is 279. The molecule has 0 aliphatic rings. The second-order valence-electron chi connectivity index (χ2n) is 3.31. The van der Waals surface area contributed by atoms with Crippen LogP contribution in [-0.4, -0.2) is 22.7 Å². The molecule has 1 aromatic heterocycles. The Kier molecular flexibility index (Phi) is 4.90. The molecule has 4 heteroatoms. The number of nitrogens with zero attached hydrogens (tertiary/aromatic N) is 1. The van der Waals surface area contributed by atoms with Crippen LogP contribution in [0.4, 0.5) is 5.69 Å². The summed E-state index contributed by atoms with van der Waals surface area (Å²) < 4.78 is 0.970. The van der Waals surface area contributed by atoms with Gasteiger partial charge in [0.15, 0.2) is 0 Å². The van der Waals surface area contributed by atoms with E-state index in [4.69, 9.17) is 5.11 Å². The van der Waals surface area contributed by atoms with Gasteiger partial charge in [-0.15, -0.1) is 0 Å². The van der Waals surface area contributed by atoms with Crippen LogP contribution in [0.5, 0.6) is 0 Å². The summed E-state index contributed by atoms with van der Waals surface area (Å²) in [6, 6.07) is 1.98. The van der Waals surface area contributed by atoms with Gasteiger partial charge >= 0.3 is 0 Å². The maximum atomic E-state index is 9.05. The van der Waals surface area contributed by atoms with E-state index < -0.39 is 0 Å². The third kappa shape index (κ3) is 4.58. The van der Waals surface area contributed by atoms with Gasteiger partial charge in [-0.3, -0.25) is 4.98 Å². The molecule has 0 spiro atoms. The maximum Gasteiger partial charge on any atom is 0.0538 e. The van der Waals surface area contributed by atoms with Crippen molar-refractivity contribution < 1.29 is 5.11 Å². The standard InChI is InChI=1S/C10H15BrN2O/c1-8(14)3-2-4-13-10-5-9(11)6-12-7-10/h5-8,13-14H,2-4H2,1H3. The third-order valence-corrected chi connectivity index (χ3v) is 2.27. The van der Waals surface area contributed by atoms with Crippen molar-refractivity contribution in [2.45, 2.75) is 25.9 Å². The van der Waals surface area contributed by atoms with E-state index in [9.17, 15) is 0 Å². The van der Waals surface area contributed by atoms with Crippen LogP contribution in [-0.2, 0) is 0 Å². The minimum Gasteiger partial charge on any atom is -0.393 e. The van der Waals surface area contributed by atoms with Crippen LogP contribution in [0.3, 0.4) is 0 Å². The first kappa shape index (κ1) is 11.5. The van der Waals surface area contributed by atoms with E-state index in [1.807, 2.05) is 6.07 Å². The molecule has 1 aromatic rings. The minimum atomic E-state index is -0.211. The Hall–Kier alpha value is -0.610. The molecular weight excluding hydrogens is 244 g/mol. The topological polar surface area (TPSA) is 45.1 Å². The van der Waals surface area contributed by atoms with E-state index in [0.29, 0.717) is 0 Å². The lowest BCUT2D eigenvalue weighted by molar-refractivity contribution is 0.183. The van der Waals surface area contributed by atoms with Gasteiger partial charge in [-0.05, 0) is 41.8 Å². The van der Waals surface area contributed by atoms with Gasteiger partial charge in [0.05, 0.1) is 18.0 Å². The van der Waals surface area contributed by atoms with E-state index >= 15 is 0 Å². The number of aromatic nitrogens is 1. The summed E-state index contributed by atoms with van der Waals surface area (Å²) in [5.41, 5.74) is 1.00. The molecule has 1 atom stereocenters. The van der Waals surface area contributed by atoms with E-state index in [-0.39, 0.29) is 6.10 Å². The van der Waals surface area contributed by atoms with Gasteiger partial charge in [-0.1, -0.05) is 0 Å². The smallest absolute Gasteiger partial charge is 0.0538 e. The molecule has 3 nitrogen and oxygen atoms in total. The van der Waals surface area contributed by atoms with Crippen LogP contribution in [0.15, 0.2) is 22.9 Å². The fourth-order valence-electron chi connectivity index (χ4n) is 1.14. The fraction of sp³-hybridized carbons (Fsp3) is 0.500. The van der Waals surface area contributed by atoms with Crippen LogP contribution in [0.25, 0.3) is 0 Å². The van der Waals surface area contributed by atoms with Gasteiger partial charge in [-0.25, -0.2) is 0 Å². The van der Waals surface area contributed by atoms with Crippen molar-refractivity contribution >= 4 is 21.6 Å². The lowest BCUT2D eigenvalue weighted by atomic mass is 10.2. The lowest BCUT2D eigenvalue weighted by Crippen LogP contribution is -2.06. The molecule has 0 amide bonds. The van der Waals surface area contributed by atoms with Crippen LogP contribution < -0.4 is 5.32 Å².